The lowest BCUT2D eigenvalue weighted by Gasteiger charge is -2.22. The average Bonchev–Trinajstić information content (AvgIpc) is 3.09. The Kier molecular flexibility index (Phi) is 4.42. The lowest BCUT2D eigenvalue weighted by Crippen LogP contribution is -2.38. The maximum absolute atomic E-state index is 13.4. The topological polar surface area (TPSA) is 46.9 Å². The molecule has 0 fully saturated rings. The first-order valence-electron chi connectivity index (χ1n) is 7.71. The molecular formula is C16H18F3N3OS. The van der Waals surface area contributed by atoms with Crippen molar-refractivity contribution in [3.05, 3.63) is 39.3 Å². The van der Waals surface area contributed by atoms with E-state index in [-0.39, 0.29) is 5.56 Å². The van der Waals surface area contributed by atoms with Crippen LogP contribution in [-0.4, -0.2) is 21.9 Å². The van der Waals surface area contributed by atoms with E-state index in [4.69, 9.17) is 0 Å². The molecule has 1 N–H and O–H groups in total. The Morgan fingerprint density at radius 1 is 1.50 bits per heavy atom. The first kappa shape index (κ1) is 17.0. The number of alkyl halides is 3. The van der Waals surface area contributed by atoms with Gasteiger partial charge in [-0.2, -0.15) is 18.3 Å². The van der Waals surface area contributed by atoms with E-state index < -0.39 is 18.1 Å². The summed E-state index contributed by atoms with van der Waals surface area (Å²) < 4.78 is 41.4. The van der Waals surface area contributed by atoms with Gasteiger partial charge in [-0.05, 0) is 30.7 Å². The summed E-state index contributed by atoms with van der Waals surface area (Å²) in [7, 11) is 1.54. The minimum absolute atomic E-state index is 0.0731. The number of rotatable bonds is 3. The van der Waals surface area contributed by atoms with Crippen LogP contribution in [0.4, 0.5) is 13.2 Å². The van der Waals surface area contributed by atoms with Crippen molar-refractivity contribution < 1.29 is 18.0 Å². The number of hydrogen-bond donors (Lipinski definition) is 1. The van der Waals surface area contributed by atoms with Gasteiger partial charge in [0, 0.05) is 29.1 Å². The smallest absolute Gasteiger partial charge is 0.337 e. The van der Waals surface area contributed by atoms with E-state index in [0.717, 1.165) is 35.9 Å². The van der Waals surface area contributed by atoms with Crippen molar-refractivity contribution in [1.82, 2.24) is 15.1 Å². The molecule has 2 aromatic rings. The van der Waals surface area contributed by atoms with Crippen molar-refractivity contribution in [3.8, 4) is 0 Å². The molecule has 2 heterocycles. The number of carbonyl (C=O) groups is 1. The third-order valence-electron chi connectivity index (χ3n) is 4.31. The number of nitrogens with one attached hydrogen (secondary N) is 1. The van der Waals surface area contributed by atoms with E-state index in [2.05, 4.69) is 17.3 Å². The zero-order chi connectivity index (χ0) is 17.5. The third kappa shape index (κ3) is 3.33. The van der Waals surface area contributed by atoms with Crippen LogP contribution in [0.15, 0.2) is 17.8 Å². The van der Waals surface area contributed by atoms with Crippen molar-refractivity contribution in [1.29, 1.82) is 0 Å². The van der Waals surface area contributed by atoms with E-state index >= 15 is 0 Å². The Morgan fingerprint density at radius 2 is 2.25 bits per heavy atom. The maximum atomic E-state index is 13.4. The van der Waals surface area contributed by atoms with Crippen LogP contribution in [0.25, 0.3) is 0 Å². The van der Waals surface area contributed by atoms with Crippen LogP contribution in [-0.2, 0) is 19.9 Å². The molecule has 1 amide bonds. The fourth-order valence-electron chi connectivity index (χ4n) is 3.02. The SMILES string of the molecule is C[C@H]1CCc2c(C(=O)N[C@H](c3cnn(C)c3)C(F)(F)F)csc2C1. The van der Waals surface area contributed by atoms with Gasteiger partial charge in [-0.1, -0.05) is 6.92 Å². The van der Waals surface area contributed by atoms with Gasteiger partial charge in [0.2, 0.25) is 0 Å². The van der Waals surface area contributed by atoms with Gasteiger partial charge in [0.25, 0.3) is 5.91 Å². The number of halogens is 3. The van der Waals surface area contributed by atoms with Crippen LogP contribution < -0.4 is 5.32 Å². The molecule has 130 valence electrons. The molecule has 4 nitrogen and oxygen atoms in total. The second-order valence-corrected chi connectivity index (χ2v) is 7.26. The van der Waals surface area contributed by atoms with Gasteiger partial charge < -0.3 is 5.32 Å². The Hall–Kier alpha value is -1.83. The summed E-state index contributed by atoms with van der Waals surface area (Å²) in [5.41, 5.74) is 1.21. The molecule has 1 aliphatic carbocycles. The molecule has 0 saturated carbocycles. The summed E-state index contributed by atoms with van der Waals surface area (Å²) in [6, 6.07) is -2.06. The highest BCUT2D eigenvalue weighted by Crippen LogP contribution is 2.35. The summed E-state index contributed by atoms with van der Waals surface area (Å²) in [6.07, 6.45) is 0.399. The third-order valence-corrected chi connectivity index (χ3v) is 5.36. The monoisotopic (exact) mass is 357 g/mol. The molecule has 2 aromatic heterocycles. The Morgan fingerprint density at radius 3 is 2.88 bits per heavy atom. The number of thiophene rings is 1. The molecule has 0 aromatic carbocycles. The summed E-state index contributed by atoms with van der Waals surface area (Å²) in [6.45, 7) is 2.14. The van der Waals surface area contributed by atoms with Crippen molar-refractivity contribution in [3.63, 3.8) is 0 Å². The van der Waals surface area contributed by atoms with E-state index in [9.17, 15) is 18.0 Å². The van der Waals surface area contributed by atoms with E-state index in [1.54, 1.807) is 5.38 Å². The number of aryl methyl sites for hydroxylation is 1. The quantitative estimate of drug-likeness (QED) is 0.912. The lowest BCUT2D eigenvalue weighted by atomic mass is 9.88. The predicted molar refractivity (Wildman–Crippen MR) is 85.0 cm³/mol. The van der Waals surface area contributed by atoms with E-state index in [1.165, 1.54) is 29.3 Å². The van der Waals surface area contributed by atoms with Crippen molar-refractivity contribution in [2.75, 3.05) is 0 Å². The predicted octanol–water partition coefficient (Wildman–Crippen LogP) is 3.64. The normalized spacial score (nSPS) is 19.0. The first-order valence-corrected chi connectivity index (χ1v) is 8.59. The second kappa shape index (κ2) is 6.23. The molecule has 2 atom stereocenters. The van der Waals surface area contributed by atoms with Crippen LogP contribution in [0.1, 0.15) is 45.7 Å². The lowest BCUT2D eigenvalue weighted by molar-refractivity contribution is -0.155. The number of carbonyl (C=O) groups excluding carboxylic acids is 1. The molecule has 0 radical (unpaired) electrons. The standard InChI is InChI=1S/C16H18F3N3OS/c1-9-3-4-11-12(8-24-13(11)5-9)15(23)21-14(16(17,18)19)10-6-20-22(2)7-10/h6-9,14H,3-5H2,1-2H3,(H,21,23)/t9-,14+/m0/s1. The molecule has 0 aliphatic heterocycles. The van der Waals surface area contributed by atoms with Gasteiger partial charge in [0.15, 0.2) is 6.04 Å². The van der Waals surface area contributed by atoms with Crippen LogP contribution in [0.3, 0.4) is 0 Å². The van der Waals surface area contributed by atoms with Gasteiger partial charge in [-0.3, -0.25) is 9.48 Å². The fraction of sp³-hybridized carbons (Fsp3) is 0.500. The Balaban J connectivity index is 1.84. The highest BCUT2D eigenvalue weighted by molar-refractivity contribution is 7.10. The first-order chi connectivity index (χ1) is 11.3. The van der Waals surface area contributed by atoms with Gasteiger partial charge in [-0.15, -0.1) is 11.3 Å². The van der Waals surface area contributed by atoms with Crippen molar-refractivity contribution in [2.45, 2.75) is 38.4 Å². The fourth-order valence-corrected chi connectivity index (χ4v) is 4.26. The van der Waals surface area contributed by atoms with Crippen molar-refractivity contribution in [2.24, 2.45) is 13.0 Å². The Labute approximate surface area is 141 Å². The van der Waals surface area contributed by atoms with Gasteiger partial charge in [-0.25, -0.2) is 0 Å². The van der Waals surface area contributed by atoms with Crippen LogP contribution >= 0.6 is 11.3 Å². The largest absolute Gasteiger partial charge is 0.413 e. The zero-order valence-corrected chi connectivity index (χ0v) is 14.2. The van der Waals surface area contributed by atoms with Crippen LogP contribution in [0.2, 0.25) is 0 Å². The molecule has 0 spiro atoms. The molecular weight excluding hydrogens is 339 g/mol. The Bertz CT molecular complexity index is 750. The number of hydrogen-bond acceptors (Lipinski definition) is 3. The van der Waals surface area contributed by atoms with E-state index in [0.29, 0.717) is 11.5 Å². The number of nitrogens with zero attached hydrogens (tertiary/aromatic N) is 2. The molecule has 0 unspecified atom stereocenters. The minimum Gasteiger partial charge on any atom is -0.337 e. The number of amides is 1. The molecule has 24 heavy (non-hydrogen) atoms. The highest BCUT2D eigenvalue weighted by Gasteiger charge is 2.43. The average molecular weight is 357 g/mol. The molecule has 0 saturated heterocycles. The van der Waals surface area contributed by atoms with Gasteiger partial charge >= 0.3 is 6.18 Å². The maximum Gasteiger partial charge on any atom is 0.413 e. The summed E-state index contributed by atoms with van der Waals surface area (Å²) in [5.74, 6) is -0.126. The summed E-state index contributed by atoms with van der Waals surface area (Å²) in [5, 5.41) is 7.58. The summed E-state index contributed by atoms with van der Waals surface area (Å²) in [4.78, 5) is 13.6. The molecule has 0 bridgehead atoms. The second-order valence-electron chi connectivity index (χ2n) is 6.29. The van der Waals surface area contributed by atoms with Crippen molar-refractivity contribution >= 4 is 17.2 Å². The minimum atomic E-state index is -4.58. The molecule has 8 heteroatoms. The van der Waals surface area contributed by atoms with Gasteiger partial charge in [0.05, 0.1) is 11.8 Å². The van der Waals surface area contributed by atoms with Gasteiger partial charge in [0.1, 0.15) is 0 Å². The highest BCUT2D eigenvalue weighted by atomic mass is 32.1. The molecule has 1 aliphatic rings. The van der Waals surface area contributed by atoms with Crippen LogP contribution in [0, 0.1) is 5.92 Å². The zero-order valence-electron chi connectivity index (χ0n) is 13.4. The number of aromatic nitrogens is 2. The molecule has 3 rings (SSSR count). The van der Waals surface area contributed by atoms with E-state index in [1.807, 2.05) is 0 Å². The van der Waals surface area contributed by atoms with Crippen LogP contribution in [0.5, 0.6) is 0 Å². The number of fused-ring (bicyclic) bond motifs is 1. The summed E-state index contributed by atoms with van der Waals surface area (Å²) >= 11 is 1.46.